The molecule has 0 aliphatic heterocycles. The number of rotatable bonds is 2. The Morgan fingerprint density at radius 3 is 2.65 bits per heavy atom. The quantitative estimate of drug-likeness (QED) is 0.562. The van der Waals surface area contributed by atoms with Gasteiger partial charge in [0, 0.05) is 0 Å². The van der Waals surface area contributed by atoms with E-state index in [0.717, 1.165) is 4.57 Å². The lowest BCUT2D eigenvalue weighted by Gasteiger charge is -2.07. The molecule has 17 heavy (non-hydrogen) atoms. The van der Waals surface area contributed by atoms with E-state index in [2.05, 4.69) is 9.97 Å². The van der Waals surface area contributed by atoms with Crippen molar-refractivity contribution < 1.29 is 5.11 Å². The molecule has 0 amide bonds. The first-order valence-electron chi connectivity index (χ1n) is 4.89. The summed E-state index contributed by atoms with van der Waals surface area (Å²) in [7, 11) is 0. The molecule has 2 aromatic heterocycles. The van der Waals surface area contributed by atoms with E-state index in [1.807, 2.05) is 4.98 Å². The van der Waals surface area contributed by atoms with E-state index < -0.39 is 16.8 Å². The average Bonchev–Trinajstić information content (AvgIpc) is 2.26. The monoisotopic (exact) mass is 238 g/mol. The van der Waals surface area contributed by atoms with Gasteiger partial charge in [-0.2, -0.15) is 0 Å². The number of nitrogens with one attached hydrogen (secondary N) is 2. The van der Waals surface area contributed by atoms with Crippen LogP contribution in [0.5, 0.6) is 0 Å². The molecule has 0 aliphatic rings. The molecule has 0 atom stereocenters. The minimum absolute atomic E-state index is 0.0158. The summed E-state index contributed by atoms with van der Waals surface area (Å²) in [6.07, 6.45) is 0. The SMILES string of the molecule is Cc1nc2c(=O)[nH]c(=O)[nH]c2n(CCO)c1=O. The third-order valence-corrected chi connectivity index (χ3v) is 2.33. The van der Waals surface area contributed by atoms with Crippen LogP contribution in [0.15, 0.2) is 14.4 Å². The lowest BCUT2D eigenvalue weighted by Crippen LogP contribution is -2.32. The number of aryl methyl sites for hydroxylation is 1. The van der Waals surface area contributed by atoms with Crippen molar-refractivity contribution in [1.82, 2.24) is 19.5 Å². The number of aliphatic hydroxyl groups excluding tert-OH is 1. The van der Waals surface area contributed by atoms with Crippen LogP contribution in [0.4, 0.5) is 0 Å². The van der Waals surface area contributed by atoms with Crippen molar-refractivity contribution in [3.8, 4) is 0 Å². The van der Waals surface area contributed by atoms with Crippen molar-refractivity contribution in [2.75, 3.05) is 6.61 Å². The van der Waals surface area contributed by atoms with Crippen LogP contribution in [0.2, 0.25) is 0 Å². The molecule has 2 rings (SSSR count). The van der Waals surface area contributed by atoms with E-state index in [4.69, 9.17) is 5.11 Å². The number of hydrogen-bond donors (Lipinski definition) is 3. The third-order valence-electron chi connectivity index (χ3n) is 2.33. The van der Waals surface area contributed by atoms with Crippen LogP contribution in [-0.2, 0) is 6.54 Å². The Kier molecular flexibility index (Phi) is 2.64. The second-order valence-corrected chi connectivity index (χ2v) is 3.48. The van der Waals surface area contributed by atoms with E-state index >= 15 is 0 Å². The Hall–Kier alpha value is -2.22. The van der Waals surface area contributed by atoms with Gasteiger partial charge in [0.05, 0.1) is 13.2 Å². The molecule has 0 saturated heterocycles. The van der Waals surface area contributed by atoms with Crippen molar-refractivity contribution in [2.45, 2.75) is 13.5 Å². The maximum Gasteiger partial charge on any atom is 0.327 e. The summed E-state index contributed by atoms with van der Waals surface area (Å²) in [6.45, 7) is 1.16. The minimum Gasteiger partial charge on any atom is -0.395 e. The van der Waals surface area contributed by atoms with Crippen molar-refractivity contribution in [2.24, 2.45) is 0 Å². The molecule has 0 bridgehead atoms. The highest BCUT2D eigenvalue weighted by molar-refractivity contribution is 5.68. The van der Waals surface area contributed by atoms with Crippen molar-refractivity contribution in [3.63, 3.8) is 0 Å². The standard InChI is InChI=1S/C9H10N4O4/c1-4-8(16)13(2-3-14)6-5(10-4)7(15)12-9(17)11-6/h14H,2-3H2,1H3,(H2,11,12,15,17). The Labute approximate surface area is 93.6 Å². The average molecular weight is 238 g/mol. The van der Waals surface area contributed by atoms with E-state index in [1.165, 1.54) is 6.92 Å². The summed E-state index contributed by atoms with van der Waals surface area (Å²) < 4.78 is 1.12. The van der Waals surface area contributed by atoms with E-state index in [9.17, 15) is 14.4 Å². The van der Waals surface area contributed by atoms with Gasteiger partial charge in [0.2, 0.25) is 0 Å². The maximum atomic E-state index is 11.8. The zero-order chi connectivity index (χ0) is 12.6. The van der Waals surface area contributed by atoms with Gasteiger partial charge in [-0.3, -0.25) is 24.1 Å². The zero-order valence-electron chi connectivity index (χ0n) is 8.98. The summed E-state index contributed by atoms with van der Waals surface area (Å²) >= 11 is 0. The Bertz CT molecular complexity index is 739. The number of fused-ring (bicyclic) bond motifs is 1. The minimum atomic E-state index is -0.723. The normalized spacial score (nSPS) is 10.9. The fraction of sp³-hybridized carbons (Fsp3) is 0.333. The van der Waals surface area contributed by atoms with Gasteiger partial charge >= 0.3 is 5.69 Å². The van der Waals surface area contributed by atoms with Gasteiger partial charge in [-0.15, -0.1) is 0 Å². The second kappa shape index (κ2) is 3.98. The molecule has 0 aliphatic carbocycles. The Morgan fingerprint density at radius 1 is 1.29 bits per heavy atom. The second-order valence-electron chi connectivity index (χ2n) is 3.48. The van der Waals surface area contributed by atoms with Crippen LogP contribution in [0.1, 0.15) is 5.69 Å². The first kappa shape index (κ1) is 11.3. The molecule has 0 aromatic carbocycles. The van der Waals surface area contributed by atoms with Crippen LogP contribution in [0.25, 0.3) is 11.2 Å². The Balaban J connectivity index is 3.03. The summed E-state index contributed by atoms with van der Waals surface area (Å²) in [6, 6.07) is 0. The van der Waals surface area contributed by atoms with Crippen LogP contribution in [0, 0.1) is 6.92 Å². The molecule has 0 spiro atoms. The molecule has 0 radical (unpaired) electrons. The van der Waals surface area contributed by atoms with Crippen LogP contribution in [-0.4, -0.2) is 31.2 Å². The topological polar surface area (TPSA) is 121 Å². The lowest BCUT2D eigenvalue weighted by atomic mass is 10.4. The van der Waals surface area contributed by atoms with Crippen molar-refractivity contribution in [1.29, 1.82) is 0 Å². The van der Waals surface area contributed by atoms with E-state index in [1.54, 1.807) is 0 Å². The van der Waals surface area contributed by atoms with Gasteiger partial charge in [0.1, 0.15) is 11.3 Å². The van der Waals surface area contributed by atoms with Crippen molar-refractivity contribution >= 4 is 11.2 Å². The number of hydrogen-bond acceptors (Lipinski definition) is 5. The van der Waals surface area contributed by atoms with E-state index in [0.29, 0.717) is 0 Å². The molecule has 3 N–H and O–H groups in total. The molecule has 90 valence electrons. The summed E-state index contributed by atoms with van der Waals surface area (Å²) in [5.74, 6) is 0. The fourth-order valence-electron chi connectivity index (χ4n) is 1.59. The highest BCUT2D eigenvalue weighted by atomic mass is 16.3. The molecule has 0 fully saturated rings. The maximum absolute atomic E-state index is 11.8. The third kappa shape index (κ3) is 1.78. The smallest absolute Gasteiger partial charge is 0.327 e. The van der Waals surface area contributed by atoms with Gasteiger partial charge in [-0.1, -0.05) is 0 Å². The zero-order valence-corrected chi connectivity index (χ0v) is 8.98. The predicted molar refractivity (Wildman–Crippen MR) is 59.1 cm³/mol. The van der Waals surface area contributed by atoms with Gasteiger partial charge < -0.3 is 5.11 Å². The molecule has 2 aromatic rings. The molecule has 8 nitrogen and oxygen atoms in total. The first-order chi connectivity index (χ1) is 8.04. The van der Waals surface area contributed by atoms with Crippen LogP contribution >= 0.6 is 0 Å². The highest BCUT2D eigenvalue weighted by Crippen LogP contribution is 1.99. The van der Waals surface area contributed by atoms with Gasteiger partial charge in [-0.05, 0) is 6.92 Å². The fourth-order valence-corrected chi connectivity index (χ4v) is 1.59. The number of aromatic amines is 2. The predicted octanol–water partition coefficient (Wildman–Crippen LogP) is -1.93. The van der Waals surface area contributed by atoms with Crippen molar-refractivity contribution in [3.05, 3.63) is 36.9 Å². The number of nitrogens with zero attached hydrogens (tertiary/aromatic N) is 2. The molecular formula is C9H10N4O4. The van der Waals surface area contributed by atoms with Crippen LogP contribution in [0.3, 0.4) is 0 Å². The summed E-state index contributed by atoms with van der Waals surface area (Å²) in [5.41, 5.74) is -1.73. The molecule has 8 heteroatoms. The highest BCUT2D eigenvalue weighted by Gasteiger charge is 2.11. The number of aliphatic hydroxyl groups is 1. The van der Waals surface area contributed by atoms with Gasteiger partial charge in [0.25, 0.3) is 11.1 Å². The van der Waals surface area contributed by atoms with Gasteiger partial charge in [0.15, 0.2) is 5.52 Å². The summed E-state index contributed by atoms with van der Waals surface area (Å²) in [5, 5.41) is 8.88. The summed E-state index contributed by atoms with van der Waals surface area (Å²) in [4.78, 5) is 42.6. The molecule has 0 saturated carbocycles. The molecule has 2 heterocycles. The van der Waals surface area contributed by atoms with Gasteiger partial charge in [-0.25, -0.2) is 9.78 Å². The first-order valence-corrected chi connectivity index (χ1v) is 4.89. The molecule has 0 unspecified atom stereocenters. The lowest BCUT2D eigenvalue weighted by molar-refractivity contribution is 0.275. The molecular weight excluding hydrogens is 228 g/mol. The number of aromatic nitrogens is 4. The van der Waals surface area contributed by atoms with E-state index in [-0.39, 0.29) is 30.0 Å². The number of H-pyrrole nitrogens is 2. The van der Waals surface area contributed by atoms with Crippen LogP contribution < -0.4 is 16.8 Å². The largest absolute Gasteiger partial charge is 0.395 e. The Morgan fingerprint density at radius 2 is 2.00 bits per heavy atom.